The van der Waals surface area contributed by atoms with Gasteiger partial charge in [-0.2, -0.15) is 0 Å². The monoisotopic (exact) mass is 350 g/mol. The van der Waals surface area contributed by atoms with Crippen LogP contribution < -0.4 is 0 Å². The minimum Gasteiger partial charge on any atom is -0.507 e. The van der Waals surface area contributed by atoms with Gasteiger partial charge in [0.25, 0.3) is 0 Å². The number of ketones is 1. The second kappa shape index (κ2) is 8.30. The lowest BCUT2D eigenvalue weighted by Crippen LogP contribution is -2.34. The van der Waals surface area contributed by atoms with E-state index in [4.69, 9.17) is 9.47 Å². The molecule has 2 N–H and O–H groups in total. The van der Waals surface area contributed by atoms with Crippen molar-refractivity contribution in [3.8, 4) is 5.75 Å². The maximum atomic E-state index is 11.6. The number of phenolic OH excluding ortho intramolecular Hbond substituents is 1. The second-order valence-electron chi connectivity index (χ2n) is 7.53. The minimum atomic E-state index is -0.678. The van der Waals surface area contributed by atoms with Crippen LogP contribution in [-0.4, -0.2) is 33.8 Å². The van der Waals surface area contributed by atoms with Gasteiger partial charge in [0, 0.05) is 12.0 Å². The van der Waals surface area contributed by atoms with Crippen molar-refractivity contribution in [3.63, 3.8) is 0 Å². The molecule has 5 nitrogen and oxygen atoms in total. The number of ether oxygens (including phenoxy) is 2. The fourth-order valence-electron chi connectivity index (χ4n) is 3.11. The van der Waals surface area contributed by atoms with Crippen LogP contribution in [0.3, 0.4) is 0 Å². The highest BCUT2D eigenvalue weighted by atomic mass is 16.7. The van der Waals surface area contributed by atoms with E-state index in [9.17, 15) is 15.0 Å². The molecule has 1 aliphatic rings. The van der Waals surface area contributed by atoms with Crippen molar-refractivity contribution >= 4 is 5.78 Å². The number of hydrogen-bond acceptors (Lipinski definition) is 5. The summed E-state index contributed by atoms with van der Waals surface area (Å²) in [5, 5.41) is 20.1. The second-order valence-corrected chi connectivity index (χ2v) is 7.53. The van der Waals surface area contributed by atoms with Crippen molar-refractivity contribution < 1.29 is 24.5 Å². The van der Waals surface area contributed by atoms with E-state index < -0.39 is 11.9 Å². The maximum absolute atomic E-state index is 11.6. The van der Waals surface area contributed by atoms with Gasteiger partial charge in [-0.1, -0.05) is 6.92 Å². The Morgan fingerprint density at radius 3 is 2.56 bits per heavy atom. The molecule has 1 heterocycles. The first-order valence-electron chi connectivity index (χ1n) is 9.06. The van der Waals surface area contributed by atoms with E-state index in [1.165, 1.54) is 13.0 Å². The van der Waals surface area contributed by atoms with E-state index in [0.29, 0.717) is 17.5 Å². The highest BCUT2D eigenvalue weighted by molar-refractivity contribution is 5.94. The normalized spacial score (nSPS) is 24.3. The zero-order valence-corrected chi connectivity index (χ0v) is 15.6. The Kier molecular flexibility index (Phi) is 6.60. The number of aromatic hydroxyl groups is 1. The largest absolute Gasteiger partial charge is 0.507 e. The first-order valence-corrected chi connectivity index (χ1v) is 9.06. The first-order chi connectivity index (χ1) is 11.7. The van der Waals surface area contributed by atoms with Gasteiger partial charge in [-0.3, -0.25) is 4.79 Å². The summed E-state index contributed by atoms with van der Waals surface area (Å²) in [4.78, 5) is 11.6. The van der Waals surface area contributed by atoms with Crippen LogP contribution in [0.15, 0.2) is 18.2 Å². The zero-order valence-electron chi connectivity index (χ0n) is 15.6. The van der Waals surface area contributed by atoms with Crippen LogP contribution in [0.4, 0.5) is 0 Å². The molecule has 1 aliphatic heterocycles. The van der Waals surface area contributed by atoms with Crippen LogP contribution >= 0.6 is 0 Å². The molecule has 0 bridgehead atoms. The van der Waals surface area contributed by atoms with Crippen molar-refractivity contribution in [2.75, 3.05) is 0 Å². The zero-order chi connectivity index (χ0) is 18.6. The highest BCUT2D eigenvalue weighted by Crippen LogP contribution is 2.37. The molecular formula is C20H30O5. The van der Waals surface area contributed by atoms with Gasteiger partial charge in [0.1, 0.15) is 5.75 Å². The molecule has 140 valence electrons. The summed E-state index contributed by atoms with van der Waals surface area (Å²) in [7, 11) is 0. The van der Waals surface area contributed by atoms with Crippen LogP contribution in [0.25, 0.3) is 0 Å². The van der Waals surface area contributed by atoms with E-state index in [1.807, 2.05) is 0 Å². The molecule has 1 fully saturated rings. The van der Waals surface area contributed by atoms with Crippen molar-refractivity contribution in [2.24, 2.45) is 0 Å². The quantitative estimate of drug-likeness (QED) is 0.724. The molecule has 25 heavy (non-hydrogen) atoms. The average Bonchev–Trinajstić information content (AvgIpc) is 2.53. The number of carbonyl (C=O) groups excluding carboxylic acids is 1. The SMILES string of the molecule is CCC1CC(CCCC(C)(C)O)OC(c2cc(C(C)=O)ccc2O)O1. The van der Waals surface area contributed by atoms with Crippen LogP contribution in [0.2, 0.25) is 0 Å². The Labute approximate surface area is 150 Å². The standard InChI is InChI=1S/C20H30O5/c1-5-15-12-16(7-6-10-20(3,4)23)25-19(24-15)17-11-14(13(2)21)8-9-18(17)22/h8-9,11,15-16,19,22-23H,5-7,10,12H2,1-4H3. The summed E-state index contributed by atoms with van der Waals surface area (Å²) in [5.74, 6) is 0.00724. The fourth-order valence-corrected chi connectivity index (χ4v) is 3.11. The molecule has 1 aromatic rings. The summed E-state index contributed by atoms with van der Waals surface area (Å²) >= 11 is 0. The highest BCUT2D eigenvalue weighted by Gasteiger charge is 2.32. The van der Waals surface area contributed by atoms with E-state index in [0.717, 1.165) is 25.7 Å². The van der Waals surface area contributed by atoms with Gasteiger partial charge in [-0.25, -0.2) is 0 Å². The first kappa shape index (κ1) is 19.9. The molecule has 0 aromatic heterocycles. The number of Topliss-reactive ketones (excluding diaryl/α,β-unsaturated/α-hetero) is 1. The lowest BCUT2D eigenvalue weighted by Gasteiger charge is -2.36. The predicted octanol–water partition coefficient (Wildman–Crippen LogP) is 4.12. The summed E-state index contributed by atoms with van der Waals surface area (Å²) < 4.78 is 12.0. The van der Waals surface area contributed by atoms with E-state index in [-0.39, 0.29) is 23.7 Å². The van der Waals surface area contributed by atoms with Crippen LogP contribution in [0.1, 0.15) is 82.0 Å². The molecule has 0 amide bonds. The third kappa shape index (κ3) is 5.80. The summed E-state index contributed by atoms with van der Waals surface area (Å²) in [6.07, 6.45) is 3.42. The van der Waals surface area contributed by atoms with Gasteiger partial charge in [0.2, 0.25) is 0 Å². The Morgan fingerprint density at radius 2 is 1.96 bits per heavy atom. The Balaban J connectivity index is 2.12. The van der Waals surface area contributed by atoms with E-state index in [1.54, 1.807) is 26.0 Å². The van der Waals surface area contributed by atoms with Crippen molar-refractivity contribution in [1.82, 2.24) is 0 Å². The molecular weight excluding hydrogens is 320 g/mol. The average molecular weight is 350 g/mol. The summed E-state index contributed by atoms with van der Waals surface area (Å²) in [5.41, 5.74) is 0.346. The van der Waals surface area contributed by atoms with E-state index in [2.05, 4.69) is 6.92 Å². The lowest BCUT2D eigenvalue weighted by atomic mass is 9.96. The molecule has 0 spiro atoms. The predicted molar refractivity (Wildman–Crippen MR) is 95.7 cm³/mol. The molecule has 0 radical (unpaired) electrons. The smallest absolute Gasteiger partial charge is 0.188 e. The van der Waals surface area contributed by atoms with Crippen LogP contribution in [0.5, 0.6) is 5.75 Å². The lowest BCUT2D eigenvalue weighted by molar-refractivity contribution is -0.250. The molecule has 3 atom stereocenters. The molecule has 3 unspecified atom stereocenters. The number of aliphatic hydroxyl groups is 1. The molecule has 1 aromatic carbocycles. The fraction of sp³-hybridized carbons (Fsp3) is 0.650. The molecule has 2 rings (SSSR count). The number of hydrogen-bond donors (Lipinski definition) is 2. The molecule has 0 saturated carbocycles. The van der Waals surface area contributed by atoms with Crippen molar-refractivity contribution in [1.29, 1.82) is 0 Å². The maximum Gasteiger partial charge on any atom is 0.188 e. The Hall–Kier alpha value is -1.43. The molecule has 5 heteroatoms. The third-order valence-electron chi connectivity index (χ3n) is 4.62. The van der Waals surface area contributed by atoms with Gasteiger partial charge in [0.15, 0.2) is 12.1 Å². The number of benzene rings is 1. The number of carbonyl (C=O) groups is 1. The van der Waals surface area contributed by atoms with Gasteiger partial charge < -0.3 is 19.7 Å². The van der Waals surface area contributed by atoms with Gasteiger partial charge in [0.05, 0.1) is 23.4 Å². The van der Waals surface area contributed by atoms with Gasteiger partial charge in [-0.05, 0) is 64.7 Å². The van der Waals surface area contributed by atoms with Crippen molar-refractivity contribution in [2.45, 2.75) is 83.9 Å². The topological polar surface area (TPSA) is 76.0 Å². The van der Waals surface area contributed by atoms with Crippen LogP contribution in [-0.2, 0) is 9.47 Å². The third-order valence-corrected chi connectivity index (χ3v) is 4.62. The van der Waals surface area contributed by atoms with Crippen molar-refractivity contribution in [3.05, 3.63) is 29.3 Å². The van der Waals surface area contributed by atoms with E-state index >= 15 is 0 Å². The minimum absolute atomic E-state index is 0.00596. The van der Waals surface area contributed by atoms with Gasteiger partial charge in [-0.15, -0.1) is 0 Å². The molecule has 0 aliphatic carbocycles. The number of phenols is 1. The summed E-state index contributed by atoms with van der Waals surface area (Å²) in [6.45, 7) is 7.17. The summed E-state index contributed by atoms with van der Waals surface area (Å²) in [6, 6.07) is 4.76. The van der Waals surface area contributed by atoms with Crippen LogP contribution in [0, 0.1) is 0 Å². The van der Waals surface area contributed by atoms with Gasteiger partial charge >= 0.3 is 0 Å². The Bertz CT molecular complexity index is 590. The Morgan fingerprint density at radius 1 is 1.28 bits per heavy atom. The number of rotatable bonds is 7. The molecule has 1 saturated heterocycles.